The Morgan fingerprint density at radius 2 is 1.88 bits per heavy atom. The molecule has 1 aromatic rings. The summed E-state index contributed by atoms with van der Waals surface area (Å²) in [5, 5.41) is 3.51. The highest BCUT2D eigenvalue weighted by Crippen LogP contribution is 2.26. The molecule has 0 radical (unpaired) electrons. The number of benzene rings is 1. The molecule has 1 saturated heterocycles. The zero-order valence-electron chi connectivity index (χ0n) is 10.4. The van der Waals surface area contributed by atoms with Gasteiger partial charge in [0, 0.05) is 18.4 Å². The summed E-state index contributed by atoms with van der Waals surface area (Å²) in [5.41, 5.74) is 1.35. The lowest BCUT2D eigenvalue weighted by molar-refractivity contribution is -0.125. The van der Waals surface area contributed by atoms with Crippen molar-refractivity contribution in [1.29, 1.82) is 0 Å². The van der Waals surface area contributed by atoms with Crippen molar-refractivity contribution in [2.24, 2.45) is 5.41 Å². The summed E-state index contributed by atoms with van der Waals surface area (Å²) >= 11 is 0. The number of hydrogen-bond acceptors (Lipinski definition) is 2. The first-order valence-corrected chi connectivity index (χ1v) is 5.92. The minimum Gasteiger partial charge on any atom is -0.360 e. The molecule has 1 aromatic carbocycles. The van der Waals surface area contributed by atoms with Crippen LogP contribution >= 0.6 is 0 Å². The minimum absolute atomic E-state index is 0.211. The van der Waals surface area contributed by atoms with E-state index in [-0.39, 0.29) is 11.1 Å². The number of hydrogen-bond donors (Lipinski definition) is 1. The topological polar surface area (TPSA) is 21.3 Å². The Morgan fingerprint density at radius 1 is 1.19 bits per heavy atom. The van der Waals surface area contributed by atoms with Crippen LogP contribution in [0.2, 0.25) is 0 Å². The number of nitrogens with one attached hydrogen (secondary N) is 1. The third kappa shape index (κ3) is 2.83. The Morgan fingerprint density at radius 3 is 2.44 bits per heavy atom. The lowest BCUT2D eigenvalue weighted by atomic mass is 9.91. The summed E-state index contributed by atoms with van der Waals surface area (Å²) in [6, 6.07) is 10.5. The molecule has 0 amide bonds. The second-order valence-corrected chi connectivity index (χ2v) is 5.70. The van der Waals surface area contributed by atoms with E-state index in [2.05, 4.69) is 50.4 Å². The first kappa shape index (κ1) is 11.6. The van der Waals surface area contributed by atoms with Gasteiger partial charge in [0.15, 0.2) is 0 Å². The maximum Gasteiger partial charge on any atom is 0.120 e. The Balaban J connectivity index is 2.00. The lowest BCUT2D eigenvalue weighted by Gasteiger charge is -2.42. The normalized spacial score (nSPS) is 28.9. The zero-order valence-corrected chi connectivity index (χ0v) is 10.4. The summed E-state index contributed by atoms with van der Waals surface area (Å²) in [6.45, 7) is 8.42. The molecule has 1 aliphatic rings. The van der Waals surface area contributed by atoms with Gasteiger partial charge in [0.25, 0.3) is 0 Å². The van der Waals surface area contributed by atoms with Crippen LogP contribution in [0.1, 0.15) is 26.3 Å². The van der Waals surface area contributed by atoms with Crippen LogP contribution in [0.15, 0.2) is 30.3 Å². The molecule has 0 aromatic heterocycles. The average molecular weight is 219 g/mol. The SMILES string of the molecule is CC1(C)CNC(C)(Cc2ccccc2)OC1. The molecular weight excluding hydrogens is 198 g/mol. The van der Waals surface area contributed by atoms with Gasteiger partial charge in [-0.3, -0.25) is 5.32 Å². The van der Waals surface area contributed by atoms with Gasteiger partial charge in [0.1, 0.15) is 5.72 Å². The van der Waals surface area contributed by atoms with E-state index in [4.69, 9.17) is 4.74 Å². The van der Waals surface area contributed by atoms with Crippen molar-refractivity contribution in [3.8, 4) is 0 Å². The van der Waals surface area contributed by atoms with Gasteiger partial charge in [-0.25, -0.2) is 0 Å². The molecule has 2 heteroatoms. The van der Waals surface area contributed by atoms with Crippen LogP contribution in [0.25, 0.3) is 0 Å². The Hall–Kier alpha value is -0.860. The maximum atomic E-state index is 5.97. The van der Waals surface area contributed by atoms with E-state index in [0.717, 1.165) is 19.6 Å². The Bertz CT molecular complexity index is 335. The molecule has 1 aliphatic heterocycles. The lowest BCUT2D eigenvalue weighted by Crippen LogP contribution is -2.56. The second-order valence-electron chi connectivity index (χ2n) is 5.70. The van der Waals surface area contributed by atoms with Gasteiger partial charge in [0.05, 0.1) is 6.61 Å². The van der Waals surface area contributed by atoms with Gasteiger partial charge < -0.3 is 4.74 Å². The zero-order chi connectivity index (χ0) is 11.6. The van der Waals surface area contributed by atoms with Crippen LogP contribution in [0, 0.1) is 5.41 Å². The van der Waals surface area contributed by atoms with E-state index in [1.54, 1.807) is 0 Å². The standard InChI is InChI=1S/C14H21NO/c1-13(2)10-15-14(3,16-11-13)9-12-7-5-4-6-8-12/h4-8,15H,9-11H2,1-3H3. The fourth-order valence-corrected chi connectivity index (χ4v) is 1.98. The largest absolute Gasteiger partial charge is 0.360 e. The molecule has 1 atom stereocenters. The molecule has 1 N–H and O–H groups in total. The molecular formula is C14H21NO. The van der Waals surface area contributed by atoms with Crippen molar-refractivity contribution < 1.29 is 4.74 Å². The molecule has 16 heavy (non-hydrogen) atoms. The molecule has 0 spiro atoms. The van der Waals surface area contributed by atoms with E-state index in [1.807, 2.05) is 6.07 Å². The van der Waals surface area contributed by atoms with Crippen LogP contribution in [0.3, 0.4) is 0 Å². The van der Waals surface area contributed by atoms with Gasteiger partial charge in [-0.2, -0.15) is 0 Å². The van der Waals surface area contributed by atoms with E-state index < -0.39 is 0 Å². The van der Waals surface area contributed by atoms with Gasteiger partial charge >= 0.3 is 0 Å². The van der Waals surface area contributed by atoms with Crippen LogP contribution in [0.5, 0.6) is 0 Å². The average Bonchev–Trinajstić information content (AvgIpc) is 2.25. The molecule has 1 heterocycles. The van der Waals surface area contributed by atoms with Crippen LogP contribution < -0.4 is 5.32 Å². The van der Waals surface area contributed by atoms with Crippen molar-refractivity contribution in [3.05, 3.63) is 35.9 Å². The molecule has 2 nitrogen and oxygen atoms in total. The third-order valence-corrected chi connectivity index (χ3v) is 3.11. The van der Waals surface area contributed by atoms with Crippen LogP contribution in [0.4, 0.5) is 0 Å². The summed E-state index contributed by atoms with van der Waals surface area (Å²) in [5.74, 6) is 0. The van der Waals surface area contributed by atoms with Gasteiger partial charge in [-0.15, -0.1) is 0 Å². The van der Waals surface area contributed by atoms with Gasteiger partial charge in [-0.1, -0.05) is 44.2 Å². The van der Waals surface area contributed by atoms with Crippen LogP contribution in [-0.2, 0) is 11.2 Å². The highest BCUT2D eigenvalue weighted by molar-refractivity contribution is 5.16. The molecule has 0 aliphatic carbocycles. The Kier molecular flexibility index (Phi) is 3.04. The second kappa shape index (κ2) is 4.19. The summed E-state index contributed by atoms with van der Waals surface area (Å²) < 4.78 is 5.97. The van der Waals surface area contributed by atoms with E-state index in [0.29, 0.717) is 0 Å². The molecule has 1 unspecified atom stereocenters. The van der Waals surface area contributed by atoms with Gasteiger partial charge in [-0.05, 0) is 12.5 Å². The summed E-state index contributed by atoms with van der Waals surface area (Å²) in [6.07, 6.45) is 0.921. The predicted octanol–water partition coefficient (Wildman–Crippen LogP) is 2.59. The first-order valence-electron chi connectivity index (χ1n) is 5.92. The third-order valence-electron chi connectivity index (χ3n) is 3.11. The first-order chi connectivity index (χ1) is 7.49. The number of rotatable bonds is 2. The van der Waals surface area contributed by atoms with Crippen molar-refractivity contribution in [2.45, 2.75) is 32.9 Å². The smallest absolute Gasteiger partial charge is 0.120 e. The van der Waals surface area contributed by atoms with E-state index >= 15 is 0 Å². The van der Waals surface area contributed by atoms with Crippen molar-refractivity contribution >= 4 is 0 Å². The molecule has 0 saturated carbocycles. The van der Waals surface area contributed by atoms with Crippen molar-refractivity contribution in [2.75, 3.05) is 13.2 Å². The molecule has 88 valence electrons. The molecule has 1 fully saturated rings. The monoisotopic (exact) mass is 219 g/mol. The fraction of sp³-hybridized carbons (Fsp3) is 0.571. The van der Waals surface area contributed by atoms with Crippen molar-refractivity contribution in [3.63, 3.8) is 0 Å². The highest BCUT2D eigenvalue weighted by Gasteiger charge is 2.35. The summed E-state index contributed by atoms with van der Waals surface area (Å²) in [4.78, 5) is 0. The predicted molar refractivity (Wildman–Crippen MR) is 66.3 cm³/mol. The number of ether oxygens (including phenoxy) is 1. The van der Waals surface area contributed by atoms with E-state index in [9.17, 15) is 0 Å². The quantitative estimate of drug-likeness (QED) is 0.825. The molecule has 0 bridgehead atoms. The maximum absolute atomic E-state index is 5.97. The van der Waals surface area contributed by atoms with Crippen molar-refractivity contribution in [1.82, 2.24) is 5.32 Å². The van der Waals surface area contributed by atoms with Gasteiger partial charge in [0.2, 0.25) is 0 Å². The molecule has 2 rings (SSSR count). The summed E-state index contributed by atoms with van der Waals surface area (Å²) in [7, 11) is 0. The van der Waals surface area contributed by atoms with E-state index in [1.165, 1.54) is 5.56 Å². The highest BCUT2D eigenvalue weighted by atomic mass is 16.5. The minimum atomic E-state index is -0.211. The van der Waals surface area contributed by atoms with Crippen LogP contribution in [-0.4, -0.2) is 18.9 Å². The Labute approximate surface area is 98.0 Å². The fourth-order valence-electron chi connectivity index (χ4n) is 1.98.